The molecular formula is C25H16ClN3OS2. The molecule has 156 valence electrons. The fraction of sp³-hybridized carbons (Fsp3) is 0. The van der Waals surface area contributed by atoms with Crippen LogP contribution in [-0.4, -0.2) is 16.1 Å². The average Bonchev–Trinajstić information content (AvgIpc) is 3.41. The second kappa shape index (κ2) is 9.12. The van der Waals surface area contributed by atoms with Gasteiger partial charge in [-0.25, -0.2) is 4.98 Å². The lowest BCUT2D eigenvalue weighted by Crippen LogP contribution is -2.28. The molecule has 0 radical (unpaired) electrons. The third kappa shape index (κ3) is 4.39. The number of amides is 1. The Hall–Kier alpha value is -3.19. The van der Waals surface area contributed by atoms with Crippen LogP contribution in [0, 0.1) is 0 Å². The number of anilines is 1. The van der Waals surface area contributed by atoms with Gasteiger partial charge in [-0.3, -0.25) is 9.69 Å². The van der Waals surface area contributed by atoms with E-state index in [0.717, 1.165) is 22.5 Å². The Balaban J connectivity index is 1.52. The van der Waals surface area contributed by atoms with Crippen LogP contribution in [-0.2, 0) is 4.79 Å². The Kier molecular flexibility index (Phi) is 5.90. The van der Waals surface area contributed by atoms with E-state index in [0.29, 0.717) is 20.2 Å². The number of carbonyl (C=O) groups is 1. The molecule has 4 nitrogen and oxygen atoms in total. The van der Waals surface area contributed by atoms with E-state index in [4.69, 9.17) is 16.6 Å². The Labute approximate surface area is 198 Å². The summed E-state index contributed by atoms with van der Waals surface area (Å²) in [5, 5.41) is 3.82. The molecule has 5 rings (SSSR count). The standard InChI is InChI=1S/C25H16ClN3OS2/c26-19-13-11-17(12-14-19)15-22-23(30)29(20-9-5-2-6-10-20)25(32-22)28-24-27-21(16-31-24)18-7-3-1-4-8-18/h1-16H/b22-15-,28-25+. The Morgan fingerprint density at radius 2 is 1.59 bits per heavy atom. The largest absolute Gasteiger partial charge is 0.271 e. The number of rotatable bonds is 4. The minimum absolute atomic E-state index is 0.116. The van der Waals surface area contributed by atoms with E-state index in [1.165, 1.54) is 23.1 Å². The van der Waals surface area contributed by atoms with Gasteiger partial charge in [0.05, 0.1) is 16.3 Å². The molecule has 1 amide bonds. The van der Waals surface area contributed by atoms with Gasteiger partial charge in [0.25, 0.3) is 5.91 Å². The molecular weight excluding hydrogens is 458 g/mol. The van der Waals surface area contributed by atoms with Crippen LogP contribution < -0.4 is 4.90 Å². The number of para-hydroxylation sites is 1. The third-order valence-electron chi connectivity index (χ3n) is 4.74. The lowest BCUT2D eigenvalue weighted by atomic mass is 10.2. The average molecular weight is 474 g/mol. The van der Waals surface area contributed by atoms with Gasteiger partial charge in [0.1, 0.15) is 0 Å². The molecule has 7 heteroatoms. The number of hydrogen-bond acceptors (Lipinski definition) is 5. The van der Waals surface area contributed by atoms with E-state index in [2.05, 4.69) is 4.98 Å². The Morgan fingerprint density at radius 3 is 2.31 bits per heavy atom. The number of thioether (sulfide) groups is 1. The highest BCUT2D eigenvalue weighted by Crippen LogP contribution is 2.38. The summed E-state index contributed by atoms with van der Waals surface area (Å²) in [6.07, 6.45) is 1.86. The molecule has 0 aliphatic carbocycles. The van der Waals surface area contributed by atoms with Crippen molar-refractivity contribution < 1.29 is 4.79 Å². The number of aromatic nitrogens is 1. The summed E-state index contributed by atoms with van der Waals surface area (Å²) in [5.74, 6) is -0.116. The fourth-order valence-corrected chi connectivity index (χ4v) is 5.06. The minimum atomic E-state index is -0.116. The van der Waals surface area contributed by atoms with Gasteiger partial charge in [-0.05, 0) is 47.7 Å². The number of nitrogens with zero attached hydrogens (tertiary/aromatic N) is 3. The molecule has 1 fully saturated rings. The minimum Gasteiger partial charge on any atom is -0.268 e. The number of benzene rings is 3. The third-order valence-corrected chi connectivity index (χ3v) is 6.70. The van der Waals surface area contributed by atoms with Gasteiger partial charge in [0, 0.05) is 16.0 Å². The number of hydrogen-bond donors (Lipinski definition) is 0. The molecule has 3 aromatic carbocycles. The summed E-state index contributed by atoms with van der Waals surface area (Å²) in [6, 6.07) is 26.9. The fourth-order valence-electron chi connectivity index (χ4n) is 3.20. The second-order valence-corrected chi connectivity index (χ2v) is 9.20. The Bertz CT molecular complexity index is 1320. The van der Waals surface area contributed by atoms with Crippen LogP contribution in [0.1, 0.15) is 5.56 Å². The van der Waals surface area contributed by atoms with Crippen LogP contribution in [0.4, 0.5) is 10.8 Å². The molecule has 1 aromatic heterocycles. The summed E-state index contributed by atoms with van der Waals surface area (Å²) in [4.78, 5) is 25.0. The van der Waals surface area contributed by atoms with Crippen molar-refractivity contribution >= 4 is 62.7 Å². The van der Waals surface area contributed by atoms with Crippen molar-refractivity contribution in [3.8, 4) is 11.3 Å². The predicted molar refractivity (Wildman–Crippen MR) is 136 cm³/mol. The molecule has 0 unspecified atom stereocenters. The second-order valence-electron chi connectivity index (χ2n) is 6.91. The monoisotopic (exact) mass is 473 g/mol. The molecule has 1 saturated heterocycles. The molecule has 1 aliphatic heterocycles. The van der Waals surface area contributed by atoms with Crippen LogP contribution in [0.15, 0.2) is 100 Å². The lowest BCUT2D eigenvalue weighted by Gasteiger charge is -2.14. The van der Waals surface area contributed by atoms with Crippen molar-refractivity contribution in [2.75, 3.05) is 4.90 Å². The summed E-state index contributed by atoms with van der Waals surface area (Å²) >= 11 is 8.79. The zero-order valence-electron chi connectivity index (χ0n) is 16.7. The SMILES string of the molecule is O=C1/C(=C/c2ccc(Cl)cc2)S/C(=N/c2nc(-c3ccccc3)cs2)N1c1ccccc1. The summed E-state index contributed by atoms with van der Waals surface area (Å²) in [6.45, 7) is 0. The topological polar surface area (TPSA) is 45.6 Å². The number of amidine groups is 1. The maximum atomic E-state index is 13.3. The molecule has 0 saturated carbocycles. The van der Waals surface area contributed by atoms with Crippen LogP contribution in [0.2, 0.25) is 5.02 Å². The van der Waals surface area contributed by atoms with Crippen molar-refractivity contribution in [2.45, 2.75) is 0 Å². The van der Waals surface area contributed by atoms with Crippen LogP contribution >= 0.6 is 34.7 Å². The van der Waals surface area contributed by atoms with Gasteiger partial charge >= 0.3 is 0 Å². The number of thiazole rings is 1. The zero-order valence-corrected chi connectivity index (χ0v) is 19.1. The van der Waals surface area contributed by atoms with Crippen molar-refractivity contribution in [1.82, 2.24) is 4.98 Å². The van der Waals surface area contributed by atoms with Gasteiger partial charge < -0.3 is 0 Å². The molecule has 0 N–H and O–H groups in total. The quantitative estimate of drug-likeness (QED) is 0.293. The van der Waals surface area contributed by atoms with Crippen molar-refractivity contribution in [3.63, 3.8) is 0 Å². The van der Waals surface area contributed by atoms with Crippen LogP contribution in [0.5, 0.6) is 0 Å². The van der Waals surface area contributed by atoms with Crippen LogP contribution in [0.25, 0.3) is 17.3 Å². The molecule has 4 aromatic rings. The maximum Gasteiger partial charge on any atom is 0.271 e. The van der Waals surface area contributed by atoms with Crippen LogP contribution in [0.3, 0.4) is 0 Å². The van der Waals surface area contributed by atoms with E-state index in [-0.39, 0.29) is 5.91 Å². The summed E-state index contributed by atoms with van der Waals surface area (Å²) in [7, 11) is 0. The first-order chi connectivity index (χ1) is 15.7. The van der Waals surface area contributed by atoms with Gasteiger partial charge in [0.2, 0.25) is 5.13 Å². The molecule has 0 spiro atoms. The highest BCUT2D eigenvalue weighted by Gasteiger charge is 2.35. The first-order valence-electron chi connectivity index (χ1n) is 9.82. The summed E-state index contributed by atoms with van der Waals surface area (Å²) < 4.78 is 0. The zero-order chi connectivity index (χ0) is 21.9. The molecule has 1 aliphatic rings. The van der Waals surface area contributed by atoms with E-state index >= 15 is 0 Å². The highest BCUT2D eigenvalue weighted by atomic mass is 35.5. The number of aliphatic imine (C=N–C) groups is 1. The molecule has 0 bridgehead atoms. The van der Waals surface area contributed by atoms with Crippen molar-refractivity contribution in [1.29, 1.82) is 0 Å². The van der Waals surface area contributed by atoms with Gasteiger partial charge in [0.15, 0.2) is 5.17 Å². The van der Waals surface area contributed by atoms with E-state index in [9.17, 15) is 4.79 Å². The Morgan fingerprint density at radius 1 is 0.906 bits per heavy atom. The van der Waals surface area contributed by atoms with Gasteiger partial charge in [-0.2, -0.15) is 4.99 Å². The summed E-state index contributed by atoms with van der Waals surface area (Å²) in [5.41, 5.74) is 3.57. The first kappa shape index (κ1) is 20.7. The predicted octanol–water partition coefficient (Wildman–Crippen LogP) is 7.27. The normalized spacial score (nSPS) is 16.3. The maximum absolute atomic E-state index is 13.3. The van der Waals surface area contributed by atoms with E-state index in [1.807, 2.05) is 96.4 Å². The molecule has 32 heavy (non-hydrogen) atoms. The van der Waals surface area contributed by atoms with Gasteiger partial charge in [-0.15, -0.1) is 11.3 Å². The van der Waals surface area contributed by atoms with E-state index in [1.54, 1.807) is 4.90 Å². The molecule has 2 heterocycles. The number of halogens is 1. The lowest BCUT2D eigenvalue weighted by molar-refractivity contribution is -0.113. The van der Waals surface area contributed by atoms with Crippen molar-refractivity contribution in [2.24, 2.45) is 4.99 Å². The smallest absolute Gasteiger partial charge is 0.268 e. The highest BCUT2D eigenvalue weighted by molar-refractivity contribution is 8.19. The van der Waals surface area contributed by atoms with Crippen molar-refractivity contribution in [3.05, 3.63) is 106 Å². The van der Waals surface area contributed by atoms with Gasteiger partial charge in [-0.1, -0.05) is 72.3 Å². The molecule has 0 atom stereocenters. The number of carbonyl (C=O) groups excluding carboxylic acids is 1. The van der Waals surface area contributed by atoms with E-state index < -0.39 is 0 Å². The first-order valence-corrected chi connectivity index (χ1v) is 11.9.